The summed E-state index contributed by atoms with van der Waals surface area (Å²) in [5.41, 5.74) is 3.96. The van der Waals surface area contributed by atoms with Crippen LogP contribution in [0.4, 0.5) is 15.8 Å². The number of carbonyl (C=O) groups excluding carboxylic acids is 1. The van der Waals surface area contributed by atoms with E-state index in [1.54, 1.807) is 49.4 Å². The first-order chi connectivity index (χ1) is 9.67. The summed E-state index contributed by atoms with van der Waals surface area (Å²) in [7, 11) is 0. The van der Waals surface area contributed by atoms with Crippen molar-refractivity contribution in [2.24, 2.45) is 5.84 Å². The quantitative estimate of drug-likeness (QED) is 0.665. The fourth-order valence-corrected chi connectivity index (χ4v) is 1.96. The van der Waals surface area contributed by atoms with Gasteiger partial charge < -0.3 is 10.3 Å². The molecule has 0 unspecified atom stereocenters. The molecule has 0 aliphatic rings. The van der Waals surface area contributed by atoms with E-state index in [9.17, 15) is 9.18 Å². The number of hydrogen-bond acceptors (Lipinski definition) is 3. The molecule has 0 radical (unpaired) electrons. The minimum Gasteiger partial charge on any atom is -0.324 e. The number of nitrogens with two attached hydrogens (primary N) is 1. The Morgan fingerprint density at radius 2 is 1.85 bits per heavy atom. The molecule has 0 spiro atoms. The number of anilines is 2. The van der Waals surface area contributed by atoms with E-state index < -0.39 is 5.82 Å². The molecule has 0 saturated heterocycles. The van der Waals surface area contributed by atoms with Crippen molar-refractivity contribution >= 4 is 17.3 Å². The Morgan fingerprint density at radius 1 is 1.20 bits per heavy atom. The van der Waals surface area contributed by atoms with Crippen molar-refractivity contribution < 1.29 is 9.18 Å². The second-order valence-corrected chi connectivity index (χ2v) is 4.22. The Bertz CT molecular complexity index is 598. The van der Waals surface area contributed by atoms with Crippen LogP contribution in [0.1, 0.15) is 17.3 Å². The van der Waals surface area contributed by atoms with Gasteiger partial charge in [-0.1, -0.05) is 12.1 Å². The zero-order valence-corrected chi connectivity index (χ0v) is 11.1. The van der Waals surface area contributed by atoms with Crippen LogP contribution in [0.2, 0.25) is 0 Å². The summed E-state index contributed by atoms with van der Waals surface area (Å²) in [6, 6.07) is 12.9. The number of rotatable bonds is 4. The normalized spacial score (nSPS) is 10.2. The first kappa shape index (κ1) is 14.0. The summed E-state index contributed by atoms with van der Waals surface area (Å²) < 4.78 is 13.8. The molecule has 4 nitrogen and oxygen atoms in total. The van der Waals surface area contributed by atoms with Gasteiger partial charge in [-0.2, -0.15) is 0 Å². The molecule has 0 atom stereocenters. The maximum atomic E-state index is 13.8. The fourth-order valence-electron chi connectivity index (χ4n) is 1.96. The van der Waals surface area contributed by atoms with Crippen molar-refractivity contribution in [2.75, 3.05) is 16.9 Å². The number of amides is 1. The zero-order chi connectivity index (χ0) is 14.5. The van der Waals surface area contributed by atoms with Crippen molar-refractivity contribution in [2.45, 2.75) is 6.92 Å². The van der Waals surface area contributed by atoms with Crippen LogP contribution in [0.25, 0.3) is 0 Å². The lowest BCUT2D eigenvalue weighted by Crippen LogP contribution is -2.31. The predicted molar refractivity (Wildman–Crippen MR) is 78.0 cm³/mol. The maximum absolute atomic E-state index is 13.8. The molecule has 3 N–H and O–H groups in total. The zero-order valence-electron chi connectivity index (χ0n) is 11.1. The van der Waals surface area contributed by atoms with Crippen molar-refractivity contribution in [3.8, 4) is 0 Å². The number of nitrogens with one attached hydrogen (secondary N) is 1. The molecule has 0 saturated carbocycles. The maximum Gasteiger partial charge on any atom is 0.258 e. The largest absolute Gasteiger partial charge is 0.324 e. The highest BCUT2D eigenvalue weighted by Crippen LogP contribution is 2.21. The number of hydrazine groups is 1. The van der Waals surface area contributed by atoms with E-state index in [-0.39, 0.29) is 11.6 Å². The lowest BCUT2D eigenvalue weighted by atomic mass is 10.1. The van der Waals surface area contributed by atoms with Gasteiger partial charge in [0.15, 0.2) is 0 Å². The number of nitrogen functional groups attached to an aromatic ring is 1. The highest BCUT2D eigenvalue weighted by atomic mass is 19.1. The molecule has 0 heterocycles. The molecule has 0 aliphatic heterocycles. The first-order valence-corrected chi connectivity index (χ1v) is 6.30. The van der Waals surface area contributed by atoms with Crippen molar-refractivity contribution in [3.63, 3.8) is 0 Å². The highest BCUT2D eigenvalue weighted by Gasteiger charge is 2.18. The van der Waals surface area contributed by atoms with Crippen LogP contribution in [0, 0.1) is 5.82 Å². The van der Waals surface area contributed by atoms with E-state index in [0.29, 0.717) is 17.8 Å². The third-order valence-corrected chi connectivity index (χ3v) is 3.00. The third-order valence-electron chi connectivity index (χ3n) is 3.00. The summed E-state index contributed by atoms with van der Waals surface area (Å²) in [6.45, 7) is 2.19. The fraction of sp³-hybridized carbons (Fsp3) is 0.133. The second-order valence-electron chi connectivity index (χ2n) is 4.22. The standard InChI is InChI=1S/C15H16FN3O/c1-2-19(14-6-4-3-5-13(14)16)15(20)11-7-9-12(18-17)10-8-11/h3-10,18H,2,17H2,1H3. The topological polar surface area (TPSA) is 58.4 Å². The van der Waals surface area contributed by atoms with Gasteiger partial charge in [0.25, 0.3) is 5.91 Å². The average Bonchev–Trinajstić information content (AvgIpc) is 2.50. The Kier molecular flexibility index (Phi) is 4.32. The molecule has 0 aromatic heterocycles. The Labute approximate surface area is 117 Å². The van der Waals surface area contributed by atoms with Gasteiger partial charge in [0.05, 0.1) is 5.69 Å². The lowest BCUT2D eigenvalue weighted by molar-refractivity contribution is 0.0987. The van der Waals surface area contributed by atoms with Crippen LogP contribution in [0.3, 0.4) is 0 Å². The minimum atomic E-state index is -0.414. The van der Waals surface area contributed by atoms with E-state index >= 15 is 0 Å². The molecule has 0 fully saturated rings. The molecule has 5 heteroatoms. The third kappa shape index (κ3) is 2.78. The van der Waals surface area contributed by atoms with E-state index in [4.69, 9.17) is 5.84 Å². The van der Waals surface area contributed by atoms with Gasteiger partial charge in [-0.15, -0.1) is 0 Å². The number of benzene rings is 2. The van der Waals surface area contributed by atoms with Crippen LogP contribution >= 0.6 is 0 Å². The summed E-state index contributed by atoms with van der Waals surface area (Å²) in [4.78, 5) is 13.8. The van der Waals surface area contributed by atoms with Crippen LogP contribution in [-0.4, -0.2) is 12.5 Å². The highest BCUT2D eigenvalue weighted by molar-refractivity contribution is 6.06. The average molecular weight is 273 g/mol. The van der Waals surface area contributed by atoms with Crippen LogP contribution in [0.5, 0.6) is 0 Å². The summed E-state index contributed by atoms with van der Waals surface area (Å²) in [6.07, 6.45) is 0. The predicted octanol–water partition coefficient (Wildman–Crippen LogP) is 2.78. The van der Waals surface area contributed by atoms with Gasteiger partial charge in [0, 0.05) is 17.8 Å². The molecule has 2 rings (SSSR count). The van der Waals surface area contributed by atoms with Gasteiger partial charge in [-0.05, 0) is 43.3 Å². The van der Waals surface area contributed by atoms with Crippen LogP contribution in [0.15, 0.2) is 48.5 Å². The number of halogens is 1. The molecular formula is C15H16FN3O. The number of para-hydroxylation sites is 1. The number of carbonyl (C=O) groups is 1. The first-order valence-electron chi connectivity index (χ1n) is 6.30. The van der Waals surface area contributed by atoms with Crippen LogP contribution in [-0.2, 0) is 0 Å². The molecule has 20 heavy (non-hydrogen) atoms. The SMILES string of the molecule is CCN(C(=O)c1ccc(NN)cc1)c1ccccc1F. The van der Waals surface area contributed by atoms with Crippen molar-refractivity contribution in [1.82, 2.24) is 0 Å². The molecule has 2 aromatic carbocycles. The van der Waals surface area contributed by atoms with Crippen molar-refractivity contribution in [3.05, 3.63) is 59.9 Å². The second kappa shape index (κ2) is 6.16. The Morgan fingerprint density at radius 3 is 2.40 bits per heavy atom. The molecule has 0 aliphatic carbocycles. The van der Waals surface area contributed by atoms with E-state index in [2.05, 4.69) is 5.43 Å². The molecule has 104 valence electrons. The van der Waals surface area contributed by atoms with Gasteiger partial charge in [0.1, 0.15) is 5.82 Å². The summed E-state index contributed by atoms with van der Waals surface area (Å²) in [5, 5.41) is 0. The summed E-state index contributed by atoms with van der Waals surface area (Å²) >= 11 is 0. The minimum absolute atomic E-state index is 0.249. The Balaban J connectivity index is 2.31. The van der Waals surface area contributed by atoms with Gasteiger partial charge >= 0.3 is 0 Å². The Hall–Kier alpha value is -2.40. The molecular weight excluding hydrogens is 257 g/mol. The van der Waals surface area contributed by atoms with E-state index in [1.165, 1.54) is 11.0 Å². The molecule has 1 amide bonds. The number of hydrogen-bond donors (Lipinski definition) is 2. The van der Waals surface area contributed by atoms with Crippen LogP contribution < -0.4 is 16.2 Å². The van der Waals surface area contributed by atoms with Gasteiger partial charge in [-0.3, -0.25) is 10.6 Å². The number of nitrogens with zero attached hydrogens (tertiary/aromatic N) is 1. The molecule has 2 aromatic rings. The monoisotopic (exact) mass is 273 g/mol. The lowest BCUT2D eigenvalue weighted by Gasteiger charge is -2.21. The van der Waals surface area contributed by atoms with Gasteiger partial charge in [0.2, 0.25) is 0 Å². The van der Waals surface area contributed by atoms with E-state index in [1.807, 2.05) is 0 Å². The molecule has 0 bridgehead atoms. The smallest absolute Gasteiger partial charge is 0.258 e. The van der Waals surface area contributed by atoms with Gasteiger partial charge in [-0.25, -0.2) is 4.39 Å². The van der Waals surface area contributed by atoms with Crippen molar-refractivity contribution in [1.29, 1.82) is 0 Å². The summed E-state index contributed by atoms with van der Waals surface area (Å²) in [5.74, 6) is 4.62. The van der Waals surface area contributed by atoms with E-state index in [0.717, 1.165) is 0 Å².